The zero-order chi connectivity index (χ0) is 14.8. The van der Waals surface area contributed by atoms with Gasteiger partial charge in [-0.25, -0.2) is 8.42 Å². The molecule has 110 valence electrons. The van der Waals surface area contributed by atoms with Crippen LogP contribution in [0.4, 0.5) is 0 Å². The summed E-state index contributed by atoms with van der Waals surface area (Å²) in [5.74, 6) is 0.0608. The van der Waals surface area contributed by atoms with E-state index in [1.165, 1.54) is 0 Å². The summed E-state index contributed by atoms with van der Waals surface area (Å²) in [5, 5.41) is 3.49. The number of aryl methyl sites for hydroxylation is 1. The molecule has 0 saturated carbocycles. The summed E-state index contributed by atoms with van der Waals surface area (Å²) in [6, 6.07) is 7.38. The minimum absolute atomic E-state index is 0.0307. The molecule has 0 aliphatic carbocycles. The fraction of sp³-hybridized carbons (Fsp3) is 0.500. The van der Waals surface area contributed by atoms with Crippen LogP contribution in [0, 0.1) is 0 Å². The van der Waals surface area contributed by atoms with Gasteiger partial charge in [-0.2, -0.15) is 0 Å². The van der Waals surface area contributed by atoms with Crippen LogP contribution in [0.25, 0.3) is 0 Å². The Labute approximate surface area is 124 Å². The minimum atomic E-state index is -3.00. The normalized spacial score (nSPS) is 24.5. The fourth-order valence-corrected chi connectivity index (χ4v) is 4.76. The molecule has 0 radical (unpaired) electrons. The standard InChI is InChI=1S/C14H18ClNO3S/c1-14(7-8-20(18,19)10-14)16-13(17)6-5-11-3-2-4-12(15)9-11/h2-4,9H,5-8,10H2,1H3,(H,16,17). The maximum absolute atomic E-state index is 11.9. The number of halogens is 1. The van der Waals surface area contributed by atoms with Gasteiger partial charge in [-0.15, -0.1) is 0 Å². The third-order valence-corrected chi connectivity index (χ3v) is 5.61. The molecule has 6 heteroatoms. The van der Waals surface area contributed by atoms with Crippen LogP contribution in [0.1, 0.15) is 25.3 Å². The van der Waals surface area contributed by atoms with Crippen molar-refractivity contribution < 1.29 is 13.2 Å². The highest BCUT2D eigenvalue weighted by molar-refractivity contribution is 7.91. The highest BCUT2D eigenvalue weighted by Crippen LogP contribution is 2.23. The van der Waals surface area contributed by atoms with Crippen molar-refractivity contribution in [3.05, 3.63) is 34.9 Å². The molecule has 0 aromatic heterocycles. The molecule has 4 nitrogen and oxygen atoms in total. The first kappa shape index (κ1) is 15.3. The van der Waals surface area contributed by atoms with Crippen LogP contribution in [-0.4, -0.2) is 31.4 Å². The monoisotopic (exact) mass is 315 g/mol. The first-order valence-electron chi connectivity index (χ1n) is 6.54. The van der Waals surface area contributed by atoms with E-state index in [4.69, 9.17) is 11.6 Å². The molecule has 1 aromatic rings. The summed E-state index contributed by atoms with van der Waals surface area (Å²) in [6.07, 6.45) is 1.41. The van der Waals surface area contributed by atoms with E-state index in [0.29, 0.717) is 24.3 Å². The zero-order valence-electron chi connectivity index (χ0n) is 11.4. The SMILES string of the molecule is CC1(NC(=O)CCc2cccc(Cl)c2)CCS(=O)(=O)C1. The largest absolute Gasteiger partial charge is 0.350 e. The van der Waals surface area contributed by atoms with Gasteiger partial charge in [0.25, 0.3) is 0 Å². The summed E-state index contributed by atoms with van der Waals surface area (Å²) in [5.41, 5.74) is 0.376. The molecule has 1 aliphatic heterocycles. The molecule has 0 bridgehead atoms. The maximum Gasteiger partial charge on any atom is 0.220 e. The highest BCUT2D eigenvalue weighted by atomic mass is 35.5. The Morgan fingerprint density at radius 1 is 1.45 bits per heavy atom. The van der Waals surface area contributed by atoms with Crippen molar-refractivity contribution in [2.75, 3.05) is 11.5 Å². The van der Waals surface area contributed by atoms with Gasteiger partial charge >= 0.3 is 0 Å². The maximum atomic E-state index is 11.9. The molecular formula is C14H18ClNO3S. The van der Waals surface area contributed by atoms with Gasteiger partial charge in [0.1, 0.15) is 0 Å². The molecule has 1 fully saturated rings. The molecule has 20 heavy (non-hydrogen) atoms. The molecule has 1 aliphatic rings. The number of amides is 1. The van der Waals surface area contributed by atoms with E-state index in [-0.39, 0.29) is 17.4 Å². The van der Waals surface area contributed by atoms with Gasteiger partial charge in [0.15, 0.2) is 9.84 Å². The van der Waals surface area contributed by atoms with Crippen LogP contribution in [0.3, 0.4) is 0 Å². The van der Waals surface area contributed by atoms with Crippen LogP contribution in [0.5, 0.6) is 0 Å². The molecule has 0 spiro atoms. The first-order chi connectivity index (χ1) is 9.28. The number of carbonyl (C=O) groups is 1. The van der Waals surface area contributed by atoms with E-state index in [2.05, 4.69) is 5.32 Å². The van der Waals surface area contributed by atoms with Gasteiger partial charge in [-0.3, -0.25) is 4.79 Å². The van der Waals surface area contributed by atoms with Crippen LogP contribution < -0.4 is 5.32 Å². The Morgan fingerprint density at radius 2 is 2.20 bits per heavy atom. The molecular weight excluding hydrogens is 298 g/mol. The lowest BCUT2D eigenvalue weighted by Crippen LogP contribution is -2.47. The molecule has 1 amide bonds. The summed E-state index contributed by atoms with van der Waals surface area (Å²) in [4.78, 5) is 11.9. The average molecular weight is 316 g/mol. The topological polar surface area (TPSA) is 63.2 Å². The number of hydrogen-bond acceptors (Lipinski definition) is 3. The first-order valence-corrected chi connectivity index (χ1v) is 8.74. The molecule has 2 rings (SSSR count). The van der Waals surface area contributed by atoms with Crippen molar-refractivity contribution in [1.82, 2.24) is 5.32 Å². The van der Waals surface area contributed by atoms with Crippen molar-refractivity contribution in [1.29, 1.82) is 0 Å². The van der Waals surface area contributed by atoms with Gasteiger partial charge in [-0.05, 0) is 37.5 Å². The minimum Gasteiger partial charge on any atom is -0.350 e. The van der Waals surface area contributed by atoms with Crippen LogP contribution in [0.2, 0.25) is 5.02 Å². The second-order valence-electron chi connectivity index (χ2n) is 5.58. The third-order valence-electron chi connectivity index (χ3n) is 3.47. The number of benzene rings is 1. The van der Waals surface area contributed by atoms with Gasteiger partial charge in [-0.1, -0.05) is 23.7 Å². The van der Waals surface area contributed by atoms with E-state index >= 15 is 0 Å². The summed E-state index contributed by atoms with van der Waals surface area (Å²) < 4.78 is 23.0. The van der Waals surface area contributed by atoms with Crippen molar-refractivity contribution in [3.63, 3.8) is 0 Å². The molecule has 1 N–H and O–H groups in total. The van der Waals surface area contributed by atoms with Crippen LogP contribution >= 0.6 is 11.6 Å². The lowest BCUT2D eigenvalue weighted by molar-refractivity contribution is -0.122. The number of hydrogen-bond donors (Lipinski definition) is 1. The predicted octanol–water partition coefficient (Wildman–Crippen LogP) is 1.97. The molecule has 1 atom stereocenters. The smallest absolute Gasteiger partial charge is 0.220 e. The number of nitrogens with one attached hydrogen (secondary N) is 1. The van der Waals surface area contributed by atoms with Crippen LogP contribution in [0.15, 0.2) is 24.3 Å². The summed E-state index contributed by atoms with van der Waals surface area (Å²) >= 11 is 5.88. The molecule has 1 aromatic carbocycles. The van der Waals surface area contributed by atoms with Gasteiger partial charge in [0.05, 0.1) is 17.0 Å². The highest BCUT2D eigenvalue weighted by Gasteiger charge is 2.39. The average Bonchev–Trinajstić information content (AvgIpc) is 2.61. The van der Waals surface area contributed by atoms with E-state index in [9.17, 15) is 13.2 Å². The Balaban J connectivity index is 1.87. The van der Waals surface area contributed by atoms with Crippen molar-refractivity contribution in [2.24, 2.45) is 0 Å². The lowest BCUT2D eigenvalue weighted by atomic mass is 10.0. The quantitative estimate of drug-likeness (QED) is 0.924. The Kier molecular flexibility index (Phi) is 4.39. The van der Waals surface area contributed by atoms with E-state index in [1.807, 2.05) is 18.2 Å². The Morgan fingerprint density at radius 3 is 2.80 bits per heavy atom. The van der Waals surface area contributed by atoms with Crippen molar-refractivity contribution >= 4 is 27.3 Å². The number of sulfone groups is 1. The number of carbonyl (C=O) groups excluding carboxylic acids is 1. The van der Waals surface area contributed by atoms with Gasteiger partial charge in [0, 0.05) is 11.4 Å². The second kappa shape index (κ2) is 5.74. The summed E-state index contributed by atoms with van der Waals surface area (Å²) in [7, 11) is -3.00. The molecule has 1 unspecified atom stereocenters. The van der Waals surface area contributed by atoms with E-state index < -0.39 is 15.4 Å². The van der Waals surface area contributed by atoms with Gasteiger partial charge in [0.2, 0.25) is 5.91 Å². The van der Waals surface area contributed by atoms with Crippen molar-refractivity contribution in [2.45, 2.75) is 31.7 Å². The van der Waals surface area contributed by atoms with E-state index in [1.54, 1.807) is 13.0 Å². The van der Waals surface area contributed by atoms with E-state index in [0.717, 1.165) is 5.56 Å². The Bertz CT molecular complexity index is 615. The molecule has 1 heterocycles. The zero-order valence-corrected chi connectivity index (χ0v) is 12.9. The Hall–Kier alpha value is -1.07. The fourth-order valence-electron chi connectivity index (χ4n) is 2.46. The lowest BCUT2D eigenvalue weighted by Gasteiger charge is -2.23. The number of rotatable bonds is 4. The third kappa shape index (κ3) is 4.21. The predicted molar refractivity (Wildman–Crippen MR) is 79.6 cm³/mol. The summed E-state index contributed by atoms with van der Waals surface area (Å²) in [6.45, 7) is 1.79. The van der Waals surface area contributed by atoms with Gasteiger partial charge < -0.3 is 5.32 Å². The van der Waals surface area contributed by atoms with Crippen molar-refractivity contribution in [3.8, 4) is 0 Å². The van der Waals surface area contributed by atoms with Crippen LogP contribution in [-0.2, 0) is 21.1 Å². The molecule has 1 saturated heterocycles. The second-order valence-corrected chi connectivity index (χ2v) is 8.20.